The largest absolute Gasteiger partial charge is 0.461 e. The highest BCUT2D eigenvalue weighted by Gasteiger charge is 2.36. The maximum Gasteiger partial charge on any atom is 0.417 e. The van der Waals surface area contributed by atoms with Gasteiger partial charge in [-0.05, 0) is 68.3 Å². The molecule has 0 amide bonds. The van der Waals surface area contributed by atoms with Crippen molar-refractivity contribution in [2.24, 2.45) is 0 Å². The fraction of sp³-hybridized carbons (Fsp3) is 0.182. The van der Waals surface area contributed by atoms with E-state index in [1.807, 2.05) is 32.0 Å². The molecule has 0 saturated heterocycles. The number of pyridine rings is 1. The molecule has 3 aromatic carbocycles. The molecule has 2 aromatic heterocycles. The summed E-state index contributed by atoms with van der Waals surface area (Å²) in [7, 11) is 0. The molecular weight excluding hydrogens is 559 g/mol. The number of aryl methyl sites for hydroxylation is 2. The van der Waals surface area contributed by atoms with Gasteiger partial charge in [-0.15, -0.1) is 0 Å². The van der Waals surface area contributed by atoms with Crippen LogP contribution in [0.4, 0.5) is 13.2 Å². The minimum absolute atomic E-state index is 0.0133. The molecule has 5 rings (SSSR count). The number of alkyl halides is 3. The highest BCUT2D eigenvalue weighted by molar-refractivity contribution is 5.95. The lowest BCUT2D eigenvalue weighted by atomic mass is 10.0. The Morgan fingerprint density at radius 2 is 1.77 bits per heavy atom. The Morgan fingerprint density at radius 3 is 2.47 bits per heavy atom. The monoisotopic (exact) mass is 585 g/mol. The molecule has 0 radical (unpaired) electrons. The van der Waals surface area contributed by atoms with E-state index in [1.165, 1.54) is 16.7 Å². The summed E-state index contributed by atoms with van der Waals surface area (Å²) >= 11 is 0. The second-order valence-electron chi connectivity index (χ2n) is 10.0. The first-order chi connectivity index (χ1) is 20.5. The molecular formula is C33H26F3N3O4. The van der Waals surface area contributed by atoms with Crippen LogP contribution < -0.4 is 10.3 Å². The zero-order valence-corrected chi connectivity index (χ0v) is 23.5. The fourth-order valence-corrected chi connectivity index (χ4v) is 4.91. The molecule has 0 aliphatic heterocycles. The second-order valence-corrected chi connectivity index (χ2v) is 10.0. The molecule has 1 N–H and O–H groups in total. The first kappa shape index (κ1) is 29.2. The van der Waals surface area contributed by atoms with Crippen LogP contribution >= 0.6 is 0 Å². The topological polar surface area (TPSA) is 97.1 Å². The standard InChI is InChI=1S/C33H26F3N3O4/c1-4-42-32(41)29-14-21-10-11-25(15-28(21)38-29)43-24-7-5-6-22(13-24)30-16-27(33(34,35)36)26(17-37)31(40)39(30)18-23-9-8-19(2)12-20(23)3/h5-16,38H,4,18H2,1-3H3. The number of H-pyrrole nitrogens is 1. The van der Waals surface area contributed by atoms with Crippen LogP contribution in [-0.2, 0) is 17.5 Å². The molecule has 2 heterocycles. The Kier molecular flexibility index (Phi) is 7.83. The Bertz CT molecular complexity index is 1970. The Labute approximate surface area is 244 Å². The number of halogens is 3. The number of nitrogens with zero attached hydrogens (tertiary/aromatic N) is 2. The van der Waals surface area contributed by atoms with Crippen molar-refractivity contribution >= 4 is 16.9 Å². The number of nitrogens with one attached hydrogen (secondary N) is 1. The average Bonchev–Trinajstić information content (AvgIpc) is 3.38. The number of aromatic nitrogens is 2. The van der Waals surface area contributed by atoms with Gasteiger partial charge in [0.2, 0.25) is 0 Å². The van der Waals surface area contributed by atoms with Crippen molar-refractivity contribution in [1.29, 1.82) is 5.26 Å². The van der Waals surface area contributed by atoms with Gasteiger partial charge in [-0.25, -0.2) is 4.79 Å². The lowest BCUT2D eigenvalue weighted by Crippen LogP contribution is -2.29. The smallest absolute Gasteiger partial charge is 0.417 e. The molecule has 0 aliphatic rings. The fourth-order valence-electron chi connectivity index (χ4n) is 4.91. The van der Waals surface area contributed by atoms with Crippen molar-refractivity contribution in [2.75, 3.05) is 6.61 Å². The van der Waals surface area contributed by atoms with E-state index in [-0.39, 0.29) is 18.8 Å². The average molecular weight is 586 g/mol. The summed E-state index contributed by atoms with van der Waals surface area (Å²) in [4.78, 5) is 28.5. The van der Waals surface area contributed by atoms with Crippen LogP contribution in [0, 0.1) is 25.2 Å². The van der Waals surface area contributed by atoms with Crippen molar-refractivity contribution in [3.05, 3.63) is 117 Å². The van der Waals surface area contributed by atoms with Gasteiger partial charge in [0.25, 0.3) is 5.56 Å². The van der Waals surface area contributed by atoms with Gasteiger partial charge in [-0.1, -0.05) is 35.9 Å². The number of hydrogen-bond acceptors (Lipinski definition) is 5. The van der Waals surface area contributed by atoms with Crippen LogP contribution in [0.25, 0.3) is 22.2 Å². The van der Waals surface area contributed by atoms with E-state index >= 15 is 0 Å². The maximum absolute atomic E-state index is 14.0. The van der Waals surface area contributed by atoms with E-state index in [0.29, 0.717) is 28.3 Å². The Morgan fingerprint density at radius 1 is 1.00 bits per heavy atom. The highest BCUT2D eigenvalue weighted by atomic mass is 19.4. The molecule has 0 spiro atoms. The minimum Gasteiger partial charge on any atom is -0.461 e. The number of carbonyl (C=O) groups is 1. The molecule has 7 nitrogen and oxygen atoms in total. The molecule has 0 saturated carbocycles. The number of ether oxygens (including phenoxy) is 2. The van der Waals surface area contributed by atoms with Gasteiger partial charge in [0, 0.05) is 22.5 Å². The van der Waals surface area contributed by atoms with Crippen LogP contribution in [0.5, 0.6) is 11.5 Å². The highest BCUT2D eigenvalue weighted by Crippen LogP contribution is 2.35. The number of hydrogen-bond donors (Lipinski definition) is 1. The zero-order chi connectivity index (χ0) is 30.9. The SMILES string of the molecule is CCOC(=O)c1cc2ccc(Oc3cccc(-c4cc(C(F)(F)F)c(C#N)c(=O)n4Cc4ccc(C)cc4C)c3)cc2[nH]1. The van der Waals surface area contributed by atoms with Crippen molar-refractivity contribution in [3.63, 3.8) is 0 Å². The molecule has 0 atom stereocenters. The molecule has 43 heavy (non-hydrogen) atoms. The van der Waals surface area contributed by atoms with Gasteiger partial charge in [0.05, 0.1) is 24.4 Å². The van der Waals surface area contributed by atoms with Gasteiger partial charge in [-0.2, -0.15) is 18.4 Å². The predicted molar refractivity (Wildman–Crippen MR) is 155 cm³/mol. The third-order valence-corrected chi connectivity index (χ3v) is 7.00. The number of aromatic amines is 1. The lowest BCUT2D eigenvalue weighted by Gasteiger charge is -2.19. The van der Waals surface area contributed by atoms with E-state index in [4.69, 9.17) is 9.47 Å². The molecule has 0 bridgehead atoms. The molecule has 0 fully saturated rings. The zero-order valence-electron chi connectivity index (χ0n) is 23.5. The van der Waals surface area contributed by atoms with Gasteiger partial charge in [0.15, 0.2) is 0 Å². The normalized spacial score (nSPS) is 11.4. The maximum atomic E-state index is 14.0. The summed E-state index contributed by atoms with van der Waals surface area (Å²) in [6.07, 6.45) is -4.92. The molecule has 218 valence electrons. The van der Waals surface area contributed by atoms with Crippen LogP contribution in [0.2, 0.25) is 0 Å². The van der Waals surface area contributed by atoms with Gasteiger partial charge < -0.3 is 19.0 Å². The third kappa shape index (κ3) is 6.02. The van der Waals surface area contributed by atoms with E-state index in [9.17, 15) is 28.0 Å². The van der Waals surface area contributed by atoms with E-state index in [1.54, 1.807) is 49.4 Å². The number of benzene rings is 3. The third-order valence-electron chi connectivity index (χ3n) is 7.00. The van der Waals surface area contributed by atoms with Crippen molar-refractivity contribution in [2.45, 2.75) is 33.5 Å². The summed E-state index contributed by atoms with van der Waals surface area (Å²) in [5.74, 6) is 0.226. The van der Waals surface area contributed by atoms with Gasteiger partial charge in [-0.3, -0.25) is 4.79 Å². The summed E-state index contributed by atoms with van der Waals surface area (Å²) in [6.45, 7) is 5.68. The number of esters is 1. The predicted octanol–water partition coefficient (Wildman–Crippen LogP) is 7.52. The van der Waals surface area contributed by atoms with Crippen LogP contribution in [0.15, 0.2) is 77.6 Å². The van der Waals surface area contributed by atoms with Gasteiger partial charge >= 0.3 is 12.1 Å². The number of rotatable bonds is 7. The quantitative estimate of drug-likeness (QED) is 0.199. The summed E-state index contributed by atoms with van der Waals surface area (Å²) in [5.41, 5.74) is 0.487. The van der Waals surface area contributed by atoms with E-state index in [0.717, 1.165) is 28.1 Å². The van der Waals surface area contributed by atoms with E-state index < -0.39 is 28.8 Å². The number of carbonyl (C=O) groups excluding carboxylic acids is 1. The van der Waals surface area contributed by atoms with Crippen LogP contribution in [-0.4, -0.2) is 22.1 Å². The van der Waals surface area contributed by atoms with Crippen LogP contribution in [0.1, 0.15) is 45.2 Å². The van der Waals surface area contributed by atoms with Crippen molar-refractivity contribution in [1.82, 2.24) is 9.55 Å². The summed E-state index contributed by atoms with van der Waals surface area (Å²) < 4.78 is 54.3. The first-order valence-electron chi connectivity index (χ1n) is 13.4. The van der Waals surface area contributed by atoms with Gasteiger partial charge in [0.1, 0.15) is 28.8 Å². The first-order valence-corrected chi connectivity index (χ1v) is 13.4. The number of fused-ring (bicyclic) bond motifs is 1. The second kappa shape index (κ2) is 11.5. The van der Waals surface area contributed by atoms with Crippen molar-refractivity contribution in [3.8, 4) is 28.8 Å². The van der Waals surface area contributed by atoms with Crippen LogP contribution in [0.3, 0.4) is 0 Å². The lowest BCUT2D eigenvalue weighted by molar-refractivity contribution is -0.137. The molecule has 5 aromatic rings. The molecule has 0 aliphatic carbocycles. The van der Waals surface area contributed by atoms with E-state index in [2.05, 4.69) is 4.98 Å². The Balaban J connectivity index is 1.58. The summed E-state index contributed by atoms with van der Waals surface area (Å²) in [6, 6.07) is 21.0. The molecule has 10 heteroatoms. The molecule has 0 unspecified atom stereocenters. The number of nitriles is 1. The minimum atomic E-state index is -4.92. The Hall–Kier alpha value is -5.30. The summed E-state index contributed by atoms with van der Waals surface area (Å²) in [5, 5.41) is 10.3. The van der Waals surface area contributed by atoms with Crippen molar-refractivity contribution < 1.29 is 27.4 Å².